The number of nitrogens with two attached hydrogens (primary N) is 1. The SMILES string of the molecule is N#Cc1c(N2CCCCC2)nn2c(N)ncnc12. The monoisotopic (exact) mass is 243 g/mol. The number of aromatic nitrogens is 4. The van der Waals surface area contributed by atoms with Crippen LogP contribution in [0.1, 0.15) is 24.8 Å². The third kappa shape index (κ3) is 1.54. The number of hydrogen-bond acceptors (Lipinski definition) is 6. The van der Waals surface area contributed by atoms with Gasteiger partial charge < -0.3 is 10.6 Å². The lowest BCUT2D eigenvalue weighted by atomic mass is 10.1. The fourth-order valence-corrected chi connectivity index (χ4v) is 2.30. The van der Waals surface area contributed by atoms with Gasteiger partial charge in [-0.25, -0.2) is 9.97 Å². The second kappa shape index (κ2) is 4.14. The molecule has 7 heteroatoms. The highest BCUT2D eigenvalue weighted by Crippen LogP contribution is 2.25. The van der Waals surface area contributed by atoms with Crippen LogP contribution in [0.15, 0.2) is 6.33 Å². The molecule has 0 radical (unpaired) electrons. The summed E-state index contributed by atoms with van der Waals surface area (Å²) in [6.07, 6.45) is 4.83. The summed E-state index contributed by atoms with van der Waals surface area (Å²) in [6.45, 7) is 1.85. The minimum Gasteiger partial charge on any atom is -0.368 e. The molecule has 0 aromatic carbocycles. The smallest absolute Gasteiger partial charge is 0.224 e. The van der Waals surface area contributed by atoms with Crippen molar-refractivity contribution in [3.63, 3.8) is 0 Å². The molecule has 1 saturated heterocycles. The van der Waals surface area contributed by atoms with Gasteiger partial charge in [-0.15, -0.1) is 5.10 Å². The van der Waals surface area contributed by atoms with Gasteiger partial charge in [0.2, 0.25) is 5.95 Å². The van der Waals surface area contributed by atoms with E-state index >= 15 is 0 Å². The van der Waals surface area contributed by atoms with Crippen LogP contribution in [0.3, 0.4) is 0 Å². The van der Waals surface area contributed by atoms with Crippen molar-refractivity contribution >= 4 is 17.4 Å². The highest BCUT2D eigenvalue weighted by atomic mass is 15.4. The standard InChI is InChI=1S/C11H13N7/c12-6-8-9-14-7-15-11(13)18(9)16-10(8)17-4-2-1-3-5-17/h7H,1-5H2,(H2,13,14,15). The molecule has 0 spiro atoms. The minimum absolute atomic E-state index is 0.250. The first-order valence-corrected chi connectivity index (χ1v) is 5.95. The van der Waals surface area contributed by atoms with Gasteiger partial charge in [-0.1, -0.05) is 0 Å². The summed E-state index contributed by atoms with van der Waals surface area (Å²) < 4.78 is 1.43. The Morgan fingerprint density at radius 2 is 2.00 bits per heavy atom. The van der Waals surface area contributed by atoms with E-state index in [-0.39, 0.29) is 5.95 Å². The van der Waals surface area contributed by atoms with Crippen LogP contribution in [0, 0.1) is 11.3 Å². The molecule has 0 unspecified atom stereocenters. The van der Waals surface area contributed by atoms with Crippen molar-refractivity contribution in [1.29, 1.82) is 5.26 Å². The molecule has 1 aliphatic heterocycles. The molecule has 0 atom stereocenters. The van der Waals surface area contributed by atoms with E-state index in [0.29, 0.717) is 17.0 Å². The van der Waals surface area contributed by atoms with Crippen molar-refractivity contribution in [2.45, 2.75) is 19.3 Å². The Bertz CT molecular complexity index is 618. The van der Waals surface area contributed by atoms with Gasteiger partial charge in [0, 0.05) is 13.1 Å². The average molecular weight is 243 g/mol. The van der Waals surface area contributed by atoms with Gasteiger partial charge in [-0.3, -0.25) is 0 Å². The minimum atomic E-state index is 0.250. The van der Waals surface area contributed by atoms with E-state index in [1.165, 1.54) is 17.3 Å². The maximum atomic E-state index is 9.30. The zero-order chi connectivity index (χ0) is 12.5. The van der Waals surface area contributed by atoms with Gasteiger partial charge in [0.1, 0.15) is 18.0 Å². The summed E-state index contributed by atoms with van der Waals surface area (Å²) in [5.74, 6) is 0.921. The molecule has 2 N–H and O–H groups in total. The number of anilines is 2. The fraction of sp³-hybridized carbons (Fsp3) is 0.455. The van der Waals surface area contributed by atoms with Crippen molar-refractivity contribution in [2.24, 2.45) is 0 Å². The molecule has 7 nitrogen and oxygen atoms in total. The van der Waals surface area contributed by atoms with Crippen LogP contribution >= 0.6 is 0 Å². The van der Waals surface area contributed by atoms with E-state index in [2.05, 4.69) is 26.0 Å². The van der Waals surface area contributed by atoms with Crippen LogP contribution in [0.4, 0.5) is 11.8 Å². The Hall–Kier alpha value is -2.36. The van der Waals surface area contributed by atoms with Crippen molar-refractivity contribution in [2.75, 3.05) is 23.7 Å². The number of nitrogens with zero attached hydrogens (tertiary/aromatic N) is 6. The van der Waals surface area contributed by atoms with E-state index in [1.807, 2.05) is 0 Å². The Balaban J connectivity index is 2.17. The largest absolute Gasteiger partial charge is 0.368 e. The van der Waals surface area contributed by atoms with Gasteiger partial charge >= 0.3 is 0 Å². The van der Waals surface area contributed by atoms with E-state index < -0.39 is 0 Å². The lowest BCUT2D eigenvalue weighted by Crippen LogP contribution is -2.30. The number of rotatable bonds is 1. The molecule has 0 amide bonds. The average Bonchev–Trinajstić information content (AvgIpc) is 2.80. The van der Waals surface area contributed by atoms with Crippen LogP contribution in [0.25, 0.3) is 5.65 Å². The van der Waals surface area contributed by atoms with Gasteiger partial charge in [0.05, 0.1) is 0 Å². The molecule has 0 aliphatic carbocycles. The normalized spacial score (nSPS) is 15.8. The van der Waals surface area contributed by atoms with E-state index in [9.17, 15) is 5.26 Å². The molecule has 0 saturated carbocycles. The van der Waals surface area contributed by atoms with Gasteiger partial charge in [-0.2, -0.15) is 9.78 Å². The molecular formula is C11H13N7. The summed E-state index contributed by atoms with van der Waals surface area (Å²) >= 11 is 0. The van der Waals surface area contributed by atoms with E-state index in [4.69, 9.17) is 5.73 Å². The van der Waals surface area contributed by atoms with Gasteiger partial charge in [0.15, 0.2) is 11.5 Å². The molecular weight excluding hydrogens is 230 g/mol. The molecule has 2 aromatic rings. The molecule has 2 aromatic heterocycles. The van der Waals surface area contributed by atoms with Crippen LogP contribution in [-0.4, -0.2) is 32.7 Å². The fourth-order valence-electron chi connectivity index (χ4n) is 2.30. The summed E-state index contributed by atoms with van der Waals surface area (Å²) in [5, 5.41) is 13.7. The highest BCUT2D eigenvalue weighted by molar-refractivity contribution is 5.69. The maximum Gasteiger partial charge on any atom is 0.224 e. The number of nitriles is 1. The van der Waals surface area contributed by atoms with Crippen molar-refractivity contribution in [3.8, 4) is 6.07 Å². The quantitative estimate of drug-likeness (QED) is 0.786. The van der Waals surface area contributed by atoms with Crippen LogP contribution in [-0.2, 0) is 0 Å². The molecule has 1 aliphatic rings. The first-order valence-electron chi connectivity index (χ1n) is 5.95. The van der Waals surface area contributed by atoms with E-state index in [0.717, 1.165) is 25.9 Å². The molecule has 1 fully saturated rings. The van der Waals surface area contributed by atoms with Gasteiger partial charge in [-0.05, 0) is 19.3 Å². The zero-order valence-electron chi connectivity index (χ0n) is 9.87. The number of fused-ring (bicyclic) bond motifs is 1. The predicted molar refractivity (Wildman–Crippen MR) is 66.0 cm³/mol. The Kier molecular flexibility index (Phi) is 2.48. The summed E-state index contributed by atoms with van der Waals surface area (Å²) in [4.78, 5) is 10.1. The number of piperidine rings is 1. The Morgan fingerprint density at radius 1 is 1.22 bits per heavy atom. The lowest BCUT2D eigenvalue weighted by molar-refractivity contribution is 0.572. The van der Waals surface area contributed by atoms with Crippen LogP contribution in [0.5, 0.6) is 0 Å². The Labute approximate surface area is 104 Å². The molecule has 3 heterocycles. The summed E-state index contributed by atoms with van der Waals surface area (Å²) in [5.41, 5.74) is 6.70. The first kappa shape index (κ1) is 10.8. The summed E-state index contributed by atoms with van der Waals surface area (Å²) in [6, 6.07) is 2.17. The lowest BCUT2D eigenvalue weighted by Gasteiger charge is -2.26. The van der Waals surface area contributed by atoms with Crippen molar-refractivity contribution in [1.82, 2.24) is 19.6 Å². The van der Waals surface area contributed by atoms with Crippen LogP contribution < -0.4 is 10.6 Å². The molecule has 18 heavy (non-hydrogen) atoms. The van der Waals surface area contributed by atoms with E-state index in [1.54, 1.807) is 0 Å². The number of hydrogen-bond donors (Lipinski definition) is 1. The second-order valence-corrected chi connectivity index (χ2v) is 4.33. The molecule has 0 bridgehead atoms. The number of nitrogen functional groups attached to an aromatic ring is 1. The topological polar surface area (TPSA) is 96.1 Å². The zero-order valence-corrected chi connectivity index (χ0v) is 9.87. The third-order valence-electron chi connectivity index (χ3n) is 3.20. The van der Waals surface area contributed by atoms with Gasteiger partial charge in [0.25, 0.3) is 0 Å². The van der Waals surface area contributed by atoms with Crippen molar-refractivity contribution in [3.05, 3.63) is 11.9 Å². The van der Waals surface area contributed by atoms with Crippen LogP contribution in [0.2, 0.25) is 0 Å². The molecule has 3 rings (SSSR count). The molecule has 92 valence electrons. The highest BCUT2D eigenvalue weighted by Gasteiger charge is 2.22. The third-order valence-corrected chi connectivity index (χ3v) is 3.20. The second-order valence-electron chi connectivity index (χ2n) is 4.33. The Morgan fingerprint density at radius 3 is 2.72 bits per heavy atom. The van der Waals surface area contributed by atoms with Crippen molar-refractivity contribution < 1.29 is 0 Å². The maximum absolute atomic E-state index is 9.30. The first-order chi connectivity index (χ1) is 8.81. The summed E-state index contributed by atoms with van der Waals surface area (Å²) in [7, 11) is 0. The predicted octanol–water partition coefficient (Wildman–Crippen LogP) is 0.568.